The summed E-state index contributed by atoms with van der Waals surface area (Å²) in [5.41, 5.74) is 7.29. The lowest BCUT2D eigenvalue weighted by Crippen LogP contribution is -2.38. The molecule has 5 nitrogen and oxygen atoms in total. The number of phenolic OH excluding ortho intramolecular Hbond substituents is 1. The number of phenols is 1. The highest BCUT2D eigenvalue weighted by Gasteiger charge is 2.24. The van der Waals surface area contributed by atoms with Gasteiger partial charge in [0.05, 0.1) is 5.52 Å². The van der Waals surface area contributed by atoms with E-state index < -0.39 is 0 Å². The summed E-state index contributed by atoms with van der Waals surface area (Å²) in [5, 5.41) is 10.7. The molecule has 5 heteroatoms. The van der Waals surface area contributed by atoms with E-state index in [2.05, 4.69) is 16.0 Å². The van der Waals surface area contributed by atoms with Crippen LogP contribution in [0.4, 0.5) is 5.82 Å². The van der Waals surface area contributed by atoms with E-state index in [0.29, 0.717) is 0 Å². The predicted molar refractivity (Wildman–Crippen MR) is 82.3 cm³/mol. The molecule has 0 unspecified atom stereocenters. The Hall–Kier alpha value is -2.30. The molecule has 3 N–H and O–H groups in total. The summed E-state index contributed by atoms with van der Waals surface area (Å²) >= 11 is 0. The first-order chi connectivity index (χ1) is 10.0. The largest absolute Gasteiger partial charge is 0.508 e. The first-order valence-corrected chi connectivity index (χ1v) is 7.19. The number of piperidine rings is 1. The molecule has 1 aliphatic rings. The maximum Gasteiger partial charge on any atom is 0.220 e. The third-order valence-electron chi connectivity index (χ3n) is 4.21. The second kappa shape index (κ2) is 5.24. The Labute approximate surface area is 123 Å². The number of aromatic nitrogens is 1. The third kappa shape index (κ3) is 2.63. The molecule has 110 valence electrons. The highest BCUT2D eigenvalue weighted by Crippen LogP contribution is 2.27. The van der Waals surface area contributed by atoms with Crippen LogP contribution in [0.2, 0.25) is 0 Å². The van der Waals surface area contributed by atoms with E-state index in [4.69, 9.17) is 5.73 Å². The Bertz CT molecular complexity index is 691. The minimum Gasteiger partial charge on any atom is -0.508 e. The van der Waals surface area contributed by atoms with Gasteiger partial charge in [0, 0.05) is 30.5 Å². The highest BCUT2D eigenvalue weighted by molar-refractivity contribution is 5.85. The summed E-state index contributed by atoms with van der Waals surface area (Å²) in [5.74, 6) is 0.890. The molecule has 0 aliphatic carbocycles. The number of benzene rings is 1. The van der Waals surface area contributed by atoms with Crippen LogP contribution in [-0.4, -0.2) is 29.1 Å². The zero-order valence-corrected chi connectivity index (χ0v) is 12.0. The summed E-state index contributed by atoms with van der Waals surface area (Å²) in [6.45, 7) is 3.61. The van der Waals surface area contributed by atoms with E-state index in [1.807, 2.05) is 13.0 Å². The molecular formula is C16H19N3O2. The summed E-state index contributed by atoms with van der Waals surface area (Å²) in [6.07, 6.45) is 1.54. The average Bonchev–Trinajstić information content (AvgIpc) is 2.46. The maximum atomic E-state index is 11.2. The fraction of sp³-hybridized carbons (Fsp3) is 0.375. The van der Waals surface area contributed by atoms with E-state index >= 15 is 0 Å². The Morgan fingerprint density at radius 1 is 1.33 bits per heavy atom. The molecule has 0 saturated carbocycles. The minimum atomic E-state index is -0.206. The Kier molecular flexibility index (Phi) is 3.41. The normalized spacial score (nSPS) is 16.3. The number of amides is 1. The predicted octanol–water partition coefficient (Wildman–Crippen LogP) is 1.95. The van der Waals surface area contributed by atoms with Gasteiger partial charge in [-0.05, 0) is 43.5 Å². The van der Waals surface area contributed by atoms with E-state index in [1.165, 1.54) is 0 Å². The number of aromatic hydroxyl groups is 1. The van der Waals surface area contributed by atoms with Gasteiger partial charge in [-0.3, -0.25) is 4.79 Å². The molecule has 0 spiro atoms. The monoisotopic (exact) mass is 285 g/mol. The van der Waals surface area contributed by atoms with Gasteiger partial charge in [0.15, 0.2) is 0 Å². The van der Waals surface area contributed by atoms with E-state index in [9.17, 15) is 9.90 Å². The number of pyridine rings is 1. The number of anilines is 1. The van der Waals surface area contributed by atoms with Crippen molar-refractivity contribution in [2.75, 3.05) is 18.0 Å². The molecule has 1 amide bonds. The molecule has 0 atom stereocenters. The van der Waals surface area contributed by atoms with Crippen molar-refractivity contribution in [2.24, 2.45) is 11.7 Å². The molecule has 21 heavy (non-hydrogen) atoms. The highest BCUT2D eigenvalue weighted by atomic mass is 16.3. The van der Waals surface area contributed by atoms with Crippen molar-refractivity contribution < 1.29 is 9.90 Å². The number of primary amides is 1. The first-order valence-electron chi connectivity index (χ1n) is 7.19. The smallest absolute Gasteiger partial charge is 0.220 e. The Morgan fingerprint density at radius 3 is 2.71 bits per heavy atom. The van der Waals surface area contributed by atoms with Crippen LogP contribution in [0.3, 0.4) is 0 Å². The van der Waals surface area contributed by atoms with E-state index in [-0.39, 0.29) is 17.6 Å². The molecule has 1 saturated heterocycles. The standard InChI is InChI=1S/C16H19N3O2/c1-10-8-15(18-14-9-12(20)2-3-13(10)14)19-6-4-11(5-7-19)16(17)21/h2-3,8-9,11,20H,4-7H2,1H3,(H2,17,21). The van der Waals surface area contributed by atoms with Crippen LogP contribution in [0.25, 0.3) is 10.9 Å². The quantitative estimate of drug-likeness (QED) is 0.884. The number of rotatable bonds is 2. The molecular weight excluding hydrogens is 266 g/mol. The summed E-state index contributed by atoms with van der Waals surface area (Å²) in [4.78, 5) is 18.0. The second-order valence-corrected chi connectivity index (χ2v) is 5.66. The number of aryl methyl sites for hydroxylation is 1. The second-order valence-electron chi connectivity index (χ2n) is 5.66. The summed E-state index contributed by atoms with van der Waals surface area (Å²) in [6, 6.07) is 7.30. The molecule has 3 rings (SSSR count). The van der Waals surface area contributed by atoms with Crippen LogP contribution in [0.1, 0.15) is 18.4 Å². The van der Waals surface area contributed by atoms with Crippen LogP contribution in [0.5, 0.6) is 5.75 Å². The topological polar surface area (TPSA) is 79.5 Å². The molecule has 2 heterocycles. The SMILES string of the molecule is Cc1cc(N2CCC(C(N)=O)CC2)nc2cc(O)ccc12. The van der Waals surface area contributed by atoms with Crippen molar-refractivity contribution in [1.29, 1.82) is 0 Å². The van der Waals surface area contributed by atoms with Crippen LogP contribution in [-0.2, 0) is 4.79 Å². The average molecular weight is 285 g/mol. The van der Waals surface area contributed by atoms with Crippen LogP contribution in [0.15, 0.2) is 24.3 Å². The number of hydrogen-bond donors (Lipinski definition) is 2. The van der Waals surface area contributed by atoms with E-state index in [1.54, 1.807) is 12.1 Å². The number of fused-ring (bicyclic) bond motifs is 1. The Morgan fingerprint density at radius 2 is 2.05 bits per heavy atom. The zero-order valence-electron chi connectivity index (χ0n) is 12.0. The van der Waals surface area contributed by atoms with Crippen LogP contribution >= 0.6 is 0 Å². The molecule has 1 aliphatic heterocycles. The van der Waals surface area contributed by atoms with Crippen molar-refractivity contribution in [3.63, 3.8) is 0 Å². The molecule has 2 aromatic rings. The number of carbonyl (C=O) groups excluding carboxylic acids is 1. The molecule has 1 aromatic carbocycles. The van der Waals surface area contributed by atoms with Crippen LogP contribution in [0, 0.1) is 12.8 Å². The fourth-order valence-electron chi connectivity index (χ4n) is 2.93. The van der Waals surface area contributed by atoms with Crippen molar-refractivity contribution in [1.82, 2.24) is 4.98 Å². The number of carbonyl (C=O) groups is 1. The van der Waals surface area contributed by atoms with Crippen LogP contribution < -0.4 is 10.6 Å². The molecule has 1 fully saturated rings. The number of hydrogen-bond acceptors (Lipinski definition) is 4. The fourth-order valence-corrected chi connectivity index (χ4v) is 2.93. The first kappa shape index (κ1) is 13.7. The lowest BCUT2D eigenvalue weighted by molar-refractivity contribution is -0.122. The van der Waals surface area contributed by atoms with Crippen molar-refractivity contribution in [3.8, 4) is 5.75 Å². The zero-order chi connectivity index (χ0) is 15.0. The minimum absolute atomic E-state index is 0.0214. The van der Waals surface area contributed by atoms with Gasteiger partial charge in [-0.25, -0.2) is 4.98 Å². The molecule has 1 aromatic heterocycles. The molecule has 0 radical (unpaired) electrons. The summed E-state index contributed by atoms with van der Waals surface area (Å²) < 4.78 is 0. The summed E-state index contributed by atoms with van der Waals surface area (Å²) in [7, 11) is 0. The number of nitrogens with two attached hydrogens (primary N) is 1. The van der Waals surface area contributed by atoms with Crippen molar-refractivity contribution in [3.05, 3.63) is 29.8 Å². The van der Waals surface area contributed by atoms with Gasteiger partial charge in [0.2, 0.25) is 5.91 Å². The maximum absolute atomic E-state index is 11.2. The van der Waals surface area contributed by atoms with Gasteiger partial charge < -0.3 is 15.7 Å². The lowest BCUT2D eigenvalue weighted by atomic mass is 9.96. The van der Waals surface area contributed by atoms with Crippen molar-refractivity contribution in [2.45, 2.75) is 19.8 Å². The van der Waals surface area contributed by atoms with Gasteiger partial charge >= 0.3 is 0 Å². The van der Waals surface area contributed by atoms with Gasteiger partial charge in [0.25, 0.3) is 0 Å². The van der Waals surface area contributed by atoms with Gasteiger partial charge in [0.1, 0.15) is 11.6 Å². The van der Waals surface area contributed by atoms with Gasteiger partial charge in [-0.15, -0.1) is 0 Å². The van der Waals surface area contributed by atoms with Crippen molar-refractivity contribution >= 4 is 22.6 Å². The number of nitrogens with zero attached hydrogens (tertiary/aromatic N) is 2. The third-order valence-corrected chi connectivity index (χ3v) is 4.21. The van der Waals surface area contributed by atoms with Gasteiger partial charge in [-0.1, -0.05) is 0 Å². The molecule has 0 bridgehead atoms. The van der Waals surface area contributed by atoms with Gasteiger partial charge in [-0.2, -0.15) is 0 Å². The Balaban J connectivity index is 1.89. The lowest BCUT2D eigenvalue weighted by Gasteiger charge is -2.31. The van der Waals surface area contributed by atoms with E-state index in [0.717, 1.165) is 48.2 Å².